The maximum absolute atomic E-state index is 13.2. The van der Waals surface area contributed by atoms with Crippen molar-refractivity contribution in [1.29, 1.82) is 0 Å². The van der Waals surface area contributed by atoms with Crippen LogP contribution >= 0.6 is 0 Å². The van der Waals surface area contributed by atoms with E-state index in [9.17, 15) is 14.6 Å². The number of rotatable bonds is 1. The lowest BCUT2D eigenvalue weighted by Gasteiger charge is -2.27. The molecule has 3 nitrogen and oxygen atoms in total. The van der Waals surface area contributed by atoms with Gasteiger partial charge in [-0.3, -0.25) is 4.57 Å². The van der Waals surface area contributed by atoms with Gasteiger partial charge in [-0.25, -0.2) is 4.39 Å². The van der Waals surface area contributed by atoms with Crippen molar-refractivity contribution in [1.82, 2.24) is 4.57 Å². The Hall–Kier alpha value is -1.97. The average Bonchev–Trinajstić information content (AvgIpc) is 2.68. The van der Waals surface area contributed by atoms with Crippen LogP contribution in [-0.2, 0) is 6.42 Å². The summed E-state index contributed by atoms with van der Waals surface area (Å²) >= 11 is 0. The molecule has 1 aromatic heterocycles. The summed E-state index contributed by atoms with van der Waals surface area (Å²) in [6.07, 6.45) is 2.58. The zero-order chi connectivity index (χ0) is 12.7. The average molecular weight is 247 g/mol. The van der Waals surface area contributed by atoms with Crippen molar-refractivity contribution in [3.8, 4) is 11.8 Å². The maximum atomic E-state index is 13.2. The molecule has 1 atom stereocenters. The highest BCUT2D eigenvalue weighted by Crippen LogP contribution is 2.38. The number of aryl methyl sites for hydroxylation is 1. The van der Waals surface area contributed by atoms with E-state index in [1.807, 2.05) is 0 Å². The van der Waals surface area contributed by atoms with Gasteiger partial charge in [-0.1, -0.05) is 6.07 Å². The van der Waals surface area contributed by atoms with Crippen molar-refractivity contribution in [3.05, 3.63) is 47.3 Å². The standard InChI is InChI=1S/C14H14FNO2/c15-10-4-5-11-9(8-10)2-1-3-12(11)16-13(17)6-7-14(16)18/h4-8,12,17-18H,1-3H2. The number of fused-ring (bicyclic) bond motifs is 1. The van der Waals surface area contributed by atoms with Crippen LogP contribution < -0.4 is 0 Å². The summed E-state index contributed by atoms with van der Waals surface area (Å²) < 4.78 is 14.7. The summed E-state index contributed by atoms with van der Waals surface area (Å²) in [5, 5.41) is 19.6. The number of nitrogens with zero attached hydrogens (tertiary/aromatic N) is 1. The molecular weight excluding hydrogens is 233 g/mol. The van der Waals surface area contributed by atoms with Crippen LogP contribution in [0, 0.1) is 5.82 Å². The van der Waals surface area contributed by atoms with Crippen LogP contribution in [0.15, 0.2) is 30.3 Å². The summed E-state index contributed by atoms with van der Waals surface area (Å²) in [7, 11) is 0. The fourth-order valence-corrected chi connectivity index (χ4v) is 2.77. The van der Waals surface area contributed by atoms with Crippen molar-refractivity contribution in [2.24, 2.45) is 0 Å². The Labute approximate surface area is 104 Å². The summed E-state index contributed by atoms with van der Waals surface area (Å²) in [5.74, 6) is -0.167. The molecule has 1 aliphatic carbocycles. The Bertz CT molecular complexity index is 572. The van der Waals surface area contributed by atoms with Crippen LogP contribution in [-0.4, -0.2) is 14.8 Å². The van der Waals surface area contributed by atoms with E-state index in [4.69, 9.17) is 0 Å². The second kappa shape index (κ2) is 4.05. The van der Waals surface area contributed by atoms with E-state index in [2.05, 4.69) is 0 Å². The van der Waals surface area contributed by atoms with Crippen molar-refractivity contribution >= 4 is 0 Å². The maximum Gasteiger partial charge on any atom is 0.194 e. The summed E-state index contributed by atoms with van der Waals surface area (Å²) in [6.45, 7) is 0. The van der Waals surface area contributed by atoms with Crippen LogP contribution in [0.4, 0.5) is 4.39 Å². The lowest BCUT2D eigenvalue weighted by molar-refractivity contribution is 0.334. The van der Waals surface area contributed by atoms with Gasteiger partial charge in [-0.15, -0.1) is 0 Å². The molecular formula is C14H14FNO2. The first-order chi connectivity index (χ1) is 8.66. The van der Waals surface area contributed by atoms with Gasteiger partial charge in [0.1, 0.15) is 5.82 Å². The Morgan fingerprint density at radius 3 is 2.56 bits per heavy atom. The molecule has 0 saturated carbocycles. The Morgan fingerprint density at radius 2 is 1.83 bits per heavy atom. The monoisotopic (exact) mass is 247 g/mol. The molecule has 0 saturated heterocycles. The van der Waals surface area contributed by atoms with Gasteiger partial charge in [0.2, 0.25) is 0 Å². The fraction of sp³-hybridized carbons (Fsp3) is 0.286. The first-order valence-corrected chi connectivity index (χ1v) is 6.04. The topological polar surface area (TPSA) is 45.4 Å². The van der Waals surface area contributed by atoms with Crippen LogP contribution in [0.25, 0.3) is 0 Å². The predicted molar refractivity (Wildman–Crippen MR) is 65.2 cm³/mol. The highest BCUT2D eigenvalue weighted by molar-refractivity contribution is 5.37. The quantitative estimate of drug-likeness (QED) is 0.813. The Kier molecular flexibility index (Phi) is 2.51. The molecule has 1 aliphatic rings. The van der Waals surface area contributed by atoms with E-state index in [0.717, 1.165) is 30.4 Å². The third-order valence-electron chi connectivity index (χ3n) is 3.57. The first kappa shape index (κ1) is 11.1. The summed E-state index contributed by atoms with van der Waals surface area (Å²) in [5.41, 5.74) is 1.93. The number of benzene rings is 1. The van der Waals surface area contributed by atoms with Gasteiger partial charge in [0.15, 0.2) is 11.8 Å². The molecule has 0 spiro atoms. The van der Waals surface area contributed by atoms with E-state index in [0.29, 0.717) is 0 Å². The van der Waals surface area contributed by atoms with Gasteiger partial charge in [0.05, 0.1) is 6.04 Å². The van der Waals surface area contributed by atoms with E-state index < -0.39 is 0 Å². The van der Waals surface area contributed by atoms with Gasteiger partial charge in [-0.05, 0) is 42.5 Å². The molecule has 4 heteroatoms. The largest absolute Gasteiger partial charge is 0.494 e. The summed E-state index contributed by atoms with van der Waals surface area (Å²) in [4.78, 5) is 0. The van der Waals surface area contributed by atoms with Crippen LogP contribution in [0.2, 0.25) is 0 Å². The van der Waals surface area contributed by atoms with Gasteiger partial charge in [-0.2, -0.15) is 0 Å². The van der Waals surface area contributed by atoms with Gasteiger partial charge >= 0.3 is 0 Å². The molecule has 0 bridgehead atoms. The zero-order valence-corrected chi connectivity index (χ0v) is 9.81. The molecule has 0 amide bonds. The molecule has 94 valence electrons. The number of halogens is 1. The van der Waals surface area contributed by atoms with Gasteiger partial charge < -0.3 is 10.2 Å². The number of aromatic hydroxyl groups is 2. The molecule has 0 radical (unpaired) electrons. The van der Waals surface area contributed by atoms with Crippen molar-refractivity contribution < 1.29 is 14.6 Å². The third kappa shape index (κ3) is 1.65. The lowest BCUT2D eigenvalue weighted by Crippen LogP contribution is -2.16. The smallest absolute Gasteiger partial charge is 0.194 e. The predicted octanol–water partition coefficient (Wildman–Crippen LogP) is 2.96. The van der Waals surface area contributed by atoms with Gasteiger partial charge in [0.25, 0.3) is 0 Å². The normalized spacial score (nSPS) is 18.6. The molecule has 2 N–H and O–H groups in total. The molecule has 1 aromatic carbocycles. The van der Waals surface area contributed by atoms with Gasteiger partial charge in [0, 0.05) is 12.1 Å². The molecule has 0 fully saturated rings. The number of hydrogen-bond acceptors (Lipinski definition) is 2. The minimum Gasteiger partial charge on any atom is -0.494 e. The van der Waals surface area contributed by atoms with Crippen molar-refractivity contribution in [2.75, 3.05) is 0 Å². The van der Waals surface area contributed by atoms with Crippen LogP contribution in [0.5, 0.6) is 11.8 Å². The summed E-state index contributed by atoms with van der Waals surface area (Å²) in [6, 6.07) is 7.52. The fourth-order valence-electron chi connectivity index (χ4n) is 2.77. The molecule has 0 aliphatic heterocycles. The number of aromatic nitrogens is 1. The number of hydrogen-bond donors (Lipinski definition) is 2. The zero-order valence-electron chi connectivity index (χ0n) is 9.81. The minimum absolute atomic E-state index is 0.0367. The SMILES string of the molecule is Oc1ccc(O)n1C1CCCc2cc(F)ccc21. The third-order valence-corrected chi connectivity index (χ3v) is 3.57. The molecule has 1 unspecified atom stereocenters. The molecule has 2 aromatic rings. The van der Waals surface area contributed by atoms with Crippen LogP contribution in [0.1, 0.15) is 30.0 Å². The second-order valence-corrected chi connectivity index (χ2v) is 4.67. The van der Waals surface area contributed by atoms with Crippen molar-refractivity contribution in [3.63, 3.8) is 0 Å². The molecule has 1 heterocycles. The molecule has 18 heavy (non-hydrogen) atoms. The van der Waals surface area contributed by atoms with E-state index in [1.165, 1.54) is 22.8 Å². The first-order valence-electron chi connectivity index (χ1n) is 6.04. The van der Waals surface area contributed by atoms with E-state index >= 15 is 0 Å². The lowest BCUT2D eigenvalue weighted by atomic mass is 9.87. The highest BCUT2D eigenvalue weighted by Gasteiger charge is 2.25. The minimum atomic E-state index is -0.240. The second-order valence-electron chi connectivity index (χ2n) is 4.67. The van der Waals surface area contributed by atoms with E-state index in [-0.39, 0.29) is 23.6 Å². The highest BCUT2D eigenvalue weighted by atomic mass is 19.1. The van der Waals surface area contributed by atoms with E-state index in [1.54, 1.807) is 12.1 Å². The molecule has 3 rings (SSSR count). The van der Waals surface area contributed by atoms with Crippen molar-refractivity contribution in [2.45, 2.75) is 25.3 Å². The Balaban J connectivity index is 2.12. The van der Waals surface area contributed by atoms with Crippen LogP contribution in [0.3, 0.4) is 0 Å². The Morgan fingerprint density at radius 1 is 1.11 bits per heavy atom.